The largest absolute Gasteiger partial charge is 0.506 e. The lowest BCUT2D eigenvalue weighted by atomic mass is 10.2. The summed E-state index contributed by atoms with van der Waals surface area (Å²) in [6.45, 7) is 0. The molecule has 3 nitrogen and oxygen atoms in total. The van der Waals surface area contributed by atoms with E-state index in [-0.39, 0.29) is 5.56 Å². The molecule has 0 aromatic carbocycles. The van der Waals surface area contributed by atoms with Crippen LogP contribution < -0.4 is 0 Å². The van der Waals surface area contributed by atoms with Crippen molar-refractivity contribution in [3.63, 3.8) is 0 Å². The monoisotopic (exact) mass is 241 g/mol. The molecule has 0 spiro atoms. The zero-order chi connectivity index (χ0) is 10.9. The third kappa shape index (κ3) is 2.10. The molecule has 0 aliphatic heterocycles. The minimum absolute atomic E-state index is 0.310. The molecule has 76 valence electrons. The lowest BCUT2D eigenvalue weighted by Crippen LogP contribution is -1.98. The van der Waals surface area contributed by atoms with Crippen LogP contribution in [0.5, 0.6) is 5.75 Å². The normalized spacial score (nSPS) is 10.6. The van der Waals surface area contributed by atoms with E-state index in [4.69, 9.17) is 28.3 Å². The molecule has 0 bridgehead atoms. The van der Waals surface area contributed by atoms with Crippen molar-refractivity contribution in [2.24, 2.45) is 0 Å². The van der Waals surface area contributed by atoms with Gasteiger partial charge in [0.1, 0.15) is 16.6 Å². The summed E-state index contributed by atoms with van der Waals surface area (Å²) in [5.41, 5.74) is -1.19. The van der Waals surface area contributed by atoms with Gasteiger partial charge in [-0.25, -0.2) is 13.8 Å². The Morgan fingerprint density at radius 1 is 1.57 bits per heavy atom. The Hall–Kier alpha value is -0.940. The molecule has 0 atom stereocenters. The summed E-state index contributed by atoms with van der Waals surface area (Å²) in [7, 11) is 0. The van der Waals surface area contributed by atoms with Crippen molar-refractivity contribution in [3.05, 3.63) is 22.5 Å². The molecule has 1 N–H and O–H groups in total. The standard InChI is InChI=1S/C7H3Cl2F2NO2/c8-5-2(6(9)14)1-3(13)4(12-5)7(10)11/h1,7,13H. The zero-order valence-electron chi connectivity index (χ0n) is 6.47. The average molecular weight is 242 g/mol. The summed E-state index contributed by atoms with van der Waals surface area (Å²) >= 11 is 10.4. The smallest absolute Gasteiger partial charge is 0.284 e. The van der Waals surface area contributed by atoms with Crippen LogP contribution in [0, 0.1) is 0 Å². The second-order valence-corrected chi connectivity index (χ2v) is 3.01. The fourth-order valence-electron chi connectivity index (χ4n) is 0.792. The van der Waals surface area contributed by atoms with Crippen LogP contribution in [0.3, 0.4) is 0 Å². The molecule has 0 saturated carbocycles. The molecule has 0 radical (unpaired) electrons. The molecule has 0 aliphatic rings. The highest BCUT2D eigenvalue weighted by Crippen LogP contribution is 2.30. The molecular weight excluding hydrogens is 239 g/mol. The predicted molar refractivity (Wildman–Crippen MR) is 46.1 cm³/mol. The quantitative estimate of drug-likeness (QED) is 0.640. The van der Waals surface area contributed by atoms with E-state index in [9.17, 15) is 13.6 Å². The Kier molecular flexibility index (Phi) is 3.23. The maximum absolute atomic E-state index is 12.1. The number of pyridine rings is 1. The zero-order valence-corrected chi connectivity index (χ0v) is 7.98. The molecule has 1 aromatic heterocycles. The molecule has 7 heteroatoms. The highest BCUT2D eigenvalue weighted by atomic mass is 35.5. The second kappa shape index (κ2) is 4.06. The van der Waals surface area contributed by atoms with Crippen molar-refractivity contribution in [1.29, 1.82) is 0 Å². The van der Waals surface area contributed by atoms with Crippen LogP contribution in [-0.2, 0) is 0 Å². The van der Waals surface area contributed by atoms with Crippen molar-refractivity contribution in [3.8, 4) is 5.75 Å². The molecule has 14 heavy (non-hydrogen) atoms. The van der Waals surface area contributed by atoms with E-state index < -0.39 is 28.3 Å². The number of rotatable bonds is 2. The maximum atomic E-state index is 12.1. The number of aromatic hydroxyl groups is 1. The fraction of sp³-hybridized carbons (Fsp3) is 0.143. The Bertz CT molecular complexity index is 384. The first-order valence-corrected chi connectivity index (χ1v) is 4.06. The molecular formula is C7H3Cl2F2NO2. The van der Waals surface area contributed by atoms with Gasteiger partial charge in [-0.1, -0.05) is 11.6 Å². The van der Waals surface area contributed by atoms with Crippen LogP contribution >= 0.6 is 23.2 Å². The third-order valence-electron chi connectivity index (χ3n) is 1.40. The number of halogens is 4. The van der Waals surface area contributed by atoms with Crippen molar-refractivity contribution in [2.45, 2.75) is 6.43 Å². The lowest BCUT2D eigenvalue weighted by molar-refractivity contribution is 0.107. The average Bonchev–Trinajstić information content (AvgIpc) is 2.07. The van der Waals surface area contributed by atoms with E-state index >= 15 is 0 Å². The second-order valence-electron chi connectivity index (χ2n) is 2.31. The van der Waals surface area contributed by atoms with E-state index in [2.05, 4.69) is 4.98 Å². The first kappa shape index (κ1) is 11.1. The number of aromatic nitrogens is 1. The minimum Gasteiger partial charge on any atom is -0.506 e. The summed E-state index contributed by atoms with van der Waals surface area (Å²) in [6.07, 6.45) is -2.97. The Balaban J connectivity index is 3.31. The summed E-state index contributed by atoms with van der Waals surface area (Å²) in [5.74, 6) is -0.812. The Labute approximate surface area is 87.3 Å². The van der Waals surface area contributed by atoms with Gasteiger partial charge in [0.2, 0.25) is 0 Å². The highest BCUT2D eigenvalue weighted by Gasteiger charge is 2.19. The molecule has 1 aromatic rings. The maximum Gasteiger partial charge on any atom is 0.284 e. The van der Waals surface area contributed by atoms with Gasteiger partial charge in [-0.15, -0.1) is 0 Å². The molecule has 0 unspecified atom stereocenters. The molecule has 0 amide bonds. The van der Waals surface area contributed by atoms with Gasteiger partial charge in [-0.3, -0.25) is 4.79 Å². The minimum atomic E-state index is -2.97. The van der Waals surface area contributed by atoms with E-state index in [0.29, 0.717) is 0 Å². The van der Waals surface area contributed by atoms with Gasteiger partial charge < -0.3 is 5.11 Å². The third-order valence-corrected chi connectivity index (χ3v) is 1.89. The van der Waals surface area contributed by atoms with Gasteiger partial charge in [0.05, 0.1) is 5.56 Å². The lowest BCUT2D eigenvalue weighted by Gasteiger charge is -2.04. The first-order valence-electron chi connectivity index (χ1n) is 3.31. The van der Waals surface area contributed by atoms with E-state index in [0.717, 1.165) is 6.07 Å². The van der Waals surface area contributed by atoms with E-state index in [1.54, 1.807) is 0 Å². The van der Waals surface area contributed by atoms with Crippen molar-refractivity contribution in [1.82, 2.24) is 4.98 Å². The molecule has 0 fully saturated rings. The topological polar surface area (TPSA) is 50.2 Å². The summed E-state index contributed by atoms with van der Waals surface area (Å²) < 4.78 is 24.3. The SMILES string of the molecule is O=C(Cl)c1cc(O)c(C(F)F)nc1Cl. The number of hydrogen-bond donors (Lipinski definition) is 1. The number of nitrogens with zero attached hydrogens (tertiary/aromatic N) is 1. The Morgan fingerprint density at radius 2 is 2.14 bits per heavy atom. The first-order chi connectivity index (χ1) is 6.43. The van der Waals surface area contributed by atoms with Crippen molar-refractivity contribution in [2.75, 3.05) is 0 Å². The van der Waals surface area contributed by atoms with Gasteiger partial charge in [0.15, 0.2) is 0 Å². The Morgan fingerprint density at radius 3 is 2.57 bits per heavy atom. The van der Waals surface area contributed by atoms with E-state index in [1.165, 1.54) is 0 Å². The van der Waals surface area contributed by atoms with Crippen molar-refractivity contribution >= 4 is 28.4 Å². The summed E-state index contributed by atoms with van der Waals surface area (Å²) in [6, 6.07) is 0.756. The summed E-state index contributed by atoms with van der Waals surface area (Å²) in [5, 5.41) is 7.59. The fourth-order valence-corrected chi connectivity index (χ4v) is 1.22. The number of alkyl halides is 2. The van der Waals surface area contributed by atoms with Crippen molar-refractivity contribution < 1.29 is 18.7 Å². The highest BCUT2D eigenvalue weighted by molar-refractivity contribution is 6.68. The van der Waals surface area contributed by atoms with Crippen LogP contribution in [0.1, 0.15) is 22.5 Å². The number of hydrogen-bond acceptors (Lipinski definition) is 3. The number of carbonyl (C=O) groups is 1. The van der Waals surface area contributed by atoms with Gasteiger partial charge in [0.25, 0.3) is 11.7 Å². The van der Waals surface area contributed by atoms with Gasteiger partial charge in [-0.05, 0) is 17.7 Å². The van der Waals surface area contributed by atoms with Gasteiger partial charge >= 0.3 is 0 Å². The molecule has 0 aliphatic carbocycles. The van der Waals surface area contributed by atoms with Crippen LogP contribution in [0.25, 0.3) is 0 Å². The van der Waals surface area contributed by atoms with Crippen LogP contribution in [0.4, 0.5) is 8.78 Å². The summed E-state index contributed by atoms with van der Waals surface area (Å²) in [4.78, 5) is 13.8. The number of carbonyl (C=O) groups excluding carboxylic acids is 1. The van der Waals surface area contributed by atoms with Crippen LogP contribution in [0.15, 0.2) is 6.07 Å². The van der Waals surface area contributed by atoms with Gasteiger partial charge in [-0.2, -0.15) is 0 Å². The van der Waals surface area contributed by atoms with Crippen LogP contribution in [-0.4, -0.2) is 15.3 Å². The molecule has 0 saturated heterocycles. The van der Waals surface area contributed by atoms with Gasteiger partial charge in [0, 0.05) is 0 Å². The van der Waals surface area contributed by atoms with E-state index in [1.807, 2.05) is 0 Å². The predicted octanol–water partition coefficient (Wildman–Crippen LogP) is 2.76. The molecule has 1 rings (SSSR count). The van der Waals surface area contributed by atoms with Crippen LogP contribution in [0.2, 0.25) is 5.15 Å². The molecule has 1 heterocycles.